The monoisotopic (exact) mass is 271 g/mol. The van der Waals surface area contributed by atoms with Gasteiger partial charge in [0.2, 0.25) is 0 Å². The third-order valence-electron chi connectivity index (χ3n) is 1.96. The molecule has 1 atom stereocenters. The lowest BCUT2D eigenvalue weighted by molar-refractivity contribution is -0.274. The maximum absolute atomic E-state index is 11.9. The van der Waals surface area contributed by atoms with E-state index < -0.39 is 12.4 Å². The molecule has 0 aromatic heterocycles. The van der Waals surface area contributed by atoms with Crippen LogP contribution in [0.3, 0.4) is 0 Å². The zero-order valence-electron chi connectivity index (χ0n) is 8.78. The summed E-state index contributed by atoms with van der Waals surface area (Å²) in [5.74, 6) is -0.307. The number of benzene rings is 1. The number of nitrogens with two attached hydrogens (primary N) is 1. The molecule has 98 valence electrons. The van der Waals surface area contributed by atoms with Crippen LogP contribution in [0.25, 0.3) is 0 Å². The summed E-state index contributed by atoms with van der Waals surface area (Å²) in [6.07, 6.45) is -4.42. The summed E-state index contributed by atoms with van der Waals surface area (Å²) in [6, 6.07) is 4.93. The average Bonchev–Trinajstić information content (AvgIpc) is 2.16. The van der Waals surface area contributed by atoms with E-state index >= 15 is 0 Å². The number of ether oxygens (including phenoxy) is 1. The first-order valence-electron chi connectivity index (χ1n) is 4.64. The van der Waals surface area contributed by atoms with Gasteiger partial charge >= 0.3 is 6.36 Å². The summed E-state index contributed by atoms with van der Waals surface area (Å²) < 4.78 is 39.5. The predicted octanol–water partition coefficient (Wildman–Crippen LogP) is 2.39. The summed E-state index contributed by atoms with van der Waals surface area (Å²) in [5.41, 5.74) is 6.14. The lowest BCUT2D eigenvalue weighted by Gasteiger charge is -2.13. The molecular formula is C10H13ClF3NO2. The van der Waals surface area contributed by atoms with Gasteiger partial charge in [-0.3, -0.25) is 0 Å². The van der Waals surface area contributed by atoms with E-state index in [0.717, 1.165) is 0 Å². The Bertz CT molecular complexity index is 347. The van der Waals surface area contributed by atoms with Crippen LogP contribution in [0.1, 0.15) is 18.0 Å². The highest BCUT2D eigenvalue weighted by atomic mass is 35.5. The molecule has 0 fully saturated rings. The first-order chi connectivity index (χ1) is 7.42. The van der Waals surface area contributed by atoms with Crippen molar-refractivity contribution in [2.45, 2.75) is 18.8 Å². The van der Waals surface area contributed by atoms with Crippen LogP contribution in [0.15, 0.2) is 24.3 Å². The van der Waals surface area contributed by atoms with Gasteiger partial charge in [-0.2, -0.15) is 0 Å². The van der Waals surface area contributed by atoms with Crippen molar-refractivity contribution in [3.8, 4) is 5.75 Å². The Morgan fingerprint density at radius 3 is 2.53 bits per heavy atom. The van der Waals surface area contributed by atoms with Gasteiger partial charge in [0.1, 0.15) is 5.75 Å². The molecule has 1 aromatic rings. The first kappa shape index (κ1) is 16.0. The average molecular weight is 272 g/mol. The molecule has 1 rings (SSSR count). The highest BCUT2D eigenvalue weighted by Crippen LogP contribution is 2.25. The van der Waals surface area contributed by atoms with Gasteiger partial charge in [-0.1, -0.05) is 12.1 Å². The smallest absolute Gasteiger partial charge is 0.406 e. The number of hydrogen-bond donors (Lipinski definition) is 2. The van der Waals surface area contributed by atoms with Crippen molar-refractivity contribution in [2.75, 3.05) is 6.61 Å². The third-order valence-corrected chi connectivity index (χ3v) is 1.96. The Morgan fingerprint density at radius 1 is 1.35 bits per heavy atom. The Morgan fingerprint density at radius 2 is 2.00 bits per heavy atom. The molecular weight excluding hydrogens is 259 g/mol. The van der Waals surface area contributed by atoms with Gasteiger partial charge in [-0.05, 0) is 24.1 Å². The molecule has 0 amide bonds. The van der Waals surface area contributed by atoms with E-state index in [1.54, 1.807) is 6.07 Å². The van der Waals surface area contributed by atoms with Crippen LogP contribution in [0.2, 0.25) is 0 Å². The fraction of sp³-hybridized carbons (Fsp3) is 0.400. The van der Waals surface area contributed by atoms with E-state index in [9.17, 15) is 13.2 Å². The van der Waals surface area contributed by atoms with E-state index in [1.165, 1.54) is 18.2 Å². The molecule has 0 heterocycles. The minimum absolute atomic E-state index is 0. The van der Waals surface area contributed by atoms with Gasteiger partial charge in [0, 0.05) is 12.6 Å². The molecule has 1 unspecified atom stereocenters. The van der Waals surface area contributed by atoms with Crippen molar-refractivity contribution in [3.63, 3.8) is 0 Å². The van der Waals surface area contributed by atoms with Crippen molar-refractivity contribution in [3.05, 3.63) is 29.8 Å². The van der Waals surface area contributed by atoms with Gasteiger partial charge in [-0.15, -0.1) is 25.6 Å². The molecule has 3 N–H and O–H groups in total. The molecule has 0 aliphatic carbocycles. The topological polar surface area (TPSA) is 55.5 Å². The lowest BCUT2D eigenvalue weighted by atomic mass is 10.1. The standard InChI is InChI=1S/C10H12F3NO2.ClH/c11-10(12,13)16-8-3-1-2-7(6-8)9(14)4-5-15;/h1-3,6,9,15H,4-5,14H2;1H. The quantitative estimate of drug-likeness (QED) is 0.884. The number of aliphatic hydroxyl groups is 1. The van der Waals surface area contributed by atoms with Gasteiger partial charge in [0.15, 0.2) is 0 Å². The van der Waals surface area contributed by atoms with E-state index in [-0.39, 0.29) is 31.2 Å². The van der Waals surface area contributed by atoms with Crippen LogP contribution in [-0.2, 0) is 0 Å². The Kier molecular flexibility index (Phi) is 6.30. The zero-order chi connectivity index (χ0) is 12.2. The second-order valence-corrected chi connectivity index (χ2v) is 3.24. The number of aliphatic hydroxyl groups excluding tert-OH is 1. The first-order valence-corrected chi connectivity index (χ1v) is 4.64. The molecule has 0 bridgehead atoms. The Hall–Kier alpha value is -0.980. The summed E-state index contributed by atoms with van der Waals surface area (Å²) in [5, 5.41) is 8.66. The minimum Gasteiger partial charge on any atom is -0.406 e. The van der Waals surface area contributed by atoms with Crippen molar-refractivity contribution in [1.29, 1.82) is 0 Å². The van der Waals surface area contributed by atoms with Gasteiger partial charge in [0.05, 0.1) is 0 Å². The molecule has 0 saturated heterocycles. The predicted molar refractivity (Wildman–Crippen MR) is 59.0 cm³/mol. The second-order valence-electron chi connectivity index (χ2n) is 3.24. The normalized spacial score (nSPS) is 12.8. The number of halogens is 4. The van der Waals surface area contributed by atoms with Crippen LogP contribution in [0.4, 0.5) is 13.2 Å². The van der Waals surface area contributed by atoms with Gasteiger partial charge < -0.3 is 15.6 Å². The summed E-state index contributed by atoms with van der Waals surface area (Å²) >= 11 is 0. The fourth-order valence-corrected chi connectivity index (χ4v) is 1.25. The molecule has 1 aromatic carbocycles. The molecule has 0 aliphatic heterocycles. The van der Waals surface area contributed by atoms with Crippen molar-refractivity contribution in [1.82, 2.24) is 0 Å². The highest BCUT2D eigenvalue weighted by molar-refractivity contribution is 5.85. The van der Waals surface area contributed by atoms with Crippen molar-refractivity contribution in [2.24, 2.45) is 5.73 Å². The van der Waals surface area contributed by atoms with Crippen LogP contribution in [-0.4, -0.2) is 18.1 Å². The molecule has 0 spiro atoms. The summed E-state index contributed by atoms with van der Waals surface area (Å²) in [6.45, 7) is -0.120. The number of hydrogen-bond acceptors (Lipinski definition) is 3. The number of alkyl halides is 3. The van der Waals surface area contributed by atoms with Crippen LogP contribution >= 0.6 is 12.4 Å². The lowest BCUT2D eigenvalue weighted by Crippen LogP contribution is -2.18. The molecule has 0 radical (unpaired) electrons. The van der Waals surface area contributed by atoms with E-state index in [0.29, 0.717) is 5.56 Å². The van der Waals surface area contributed by atoms with Gasteiger partial charge in [0.25, 0.3) is 0 Å². The molecule has 7 heteroatoms. The largest absolute Gasteiger partial charge is 0.573 e. The highest BCUT2D eigenvalue weighted by Gasteiger charge is 2.31. The third kappa shape index (κ3) is 5.76. The summed E-state index contributed by atoms with van der Waals surface area (Å²) in [7, 11) is 0. The molecule has 0 aliphatic rings. The van der Waals surface area contributed by atoms with E-state index in [1.807, 2.05) is 0 Å². The Labute approximate surface area is 103 Å². The fourth-order valence-electron chi connectivity index (χ4n) is 1.25. The minimum atomic E-state index is -4.71. The van der Waals surface area contributed by atoms with Crippen molar-refractivity contribution >= 4 is 12.4 Å². The van der Waals surface area contributed by atoms with E-state index in [2.05, 4.69) is 4.74 Å². The number of rotatable bonds is 4. The van der Waals surface area contributed by atoms with Crippen LogP contribution in [0.5, 0.6) is 5.75 Å². The molecule has 3 nitrogen and oxygen atoms in total. The molecule has 17 heavy (non-hydrogen) atoms. The second kappa shape index (κ2) is 6.68. The zero-order valence-corrected chi connectivity index (χ0v) is 9.59. The van der Waals surface area contributed by atoms with Crippen LogP contribution < -0.4 is 10.5 Å². The summed E-state index contributed by atoms with van der Waals surface area (Å²) in [4.78, 5) is 0. The molecule has 0 saturated carbocycles. The van der Waals surface area contributed by atoms with Crippen LogP contribution in [0, 0.1) is 0 Å². The van der Waals surface area contributed by atoms with Crippen molar-refractivity contribution < 1.29 is 23.0 Å². The Balaban J connectivity index is 0.00000256. The maximum atomic E-state index is 11.9. The van der Waals surface area contributed by atoms with Gasteiger partial charge in [-0.25, -0.2) is 0 Å². The van der Waals surface area contributed by atoms with E-state index in [4.69, 9.17) is 10.8 Å². The maximum Gasteiger partial charge on any atom is 0.573 e. The SMILES string of the molecule is Cl.NC(CCO)c1cccc(OC(F)(F)F)c1.